The number of rotatable bonds is 4. The lowest BCUT2D eigenvalue weighted by molar-refractivity contribution is 0.0934. The lowest BCUT2D eigenvalue weighted by Crippen LogP contribution is -2.29. The van der Waals surface area contributed by atoms with Crippen LogP contribution in [0.3, 0.4) is 0 Å². The molecule has 0 saturated carbocycles. The Morgan fingerprint density at radius 3 is 2.58 bits per heavy atom. The summed E-state index contributed by atoms with van der Waals surface area (Å²) in [6, 6.07) is 11.2. The van der Waals surface area contributed by atoms with Crippen LogP contribution in [0.5, 0.6) is 0 Å². The van der Waals surface area contributed by atoms with Gasteiger partial charge >= 0.3 is 0 Å². The first-order valence-electron chi connectivity index (χ1n) is 7.27. The molecule has 1 N–H and O–H groups in total. The molecule has 0 fully saturated rings. The minimum absolute atomic E-state index is 0.000742. The molecule has 7 nitrogen and oxygen atoms in total. The number of nitrogens with zero attached hydrogens (tertiary/aromatic N) is 3. The van der Waals surface area contributed by atoms with Crippen LogP contribution in [0.4, 0.5) is 0 Å². The molecule has 124 valence electrons. The zero-order valence-electron chi connectivity index (χ0n) is 13.2. The Bertz CT molecular complexity index is 1010. The largest absolute Gasteiger partial charge is 0.342 e. The highest BCUT2D eigenvalue weighted by Gasteiger charge is 2.21. The Balaban J connectivity index is 1.91. The van der Waals surface area contributed by atoms with E-state index in [9.17, 15) is 13.2 Å². The predicted molar refractivity (Wildman–Crippen MR) is 88.4 cm³/mol. The van der Waals surface area contributed by atoms with Gasteiger partial charge in [0.1, 0.15) is 0 Å². The molecule has 0 bridgehead atoms. The molecular weight excluding hydrogens is 328 g/mol. The first kappa shape index (κ1) is 16.1. The standard InChI is InChI=1S/C16H16N4O3S/c1-11(15-19-18-14-9-5-6-10-20(14)15)17-16(21)12-7-3-4-8-13(12)24(2,22)23/h3-11H,1-2H3,(H,17,21)/t11-/m1/s1. The third-order valence-corrected chi connectivity index (χ3v) is 4.76. The average molecular weight is 344 g/mol. The van der Waals surface area contributed by atoms with E-state index in [1.165, 1.54) is 12.1 Å². The molecule has 0 radical (unpaired) electrons. The molecule has 0 aliphatic carbocycles. The topological polar surface area (TPSA) is 93.4 Å². The summed E-state index contributed by atoms with van der Waals surface area (Å²) < 4.78 is 25.5. The summed E-state index contributed by atoms with van der Waals surface area (Å²) in [4.78, 5) is 12.5. The summed E-state index contributed by atoms with van der Waals surface area (Å²) in [6.07, 6.45) is 2.88. The fourth-order valence-electron chi connectivity index (χ4n) is 2.47. The molecule has 0 unspecified atom stereocenters. The van der Waals surface area contributed by atoms with Crippen molar-refractivity contribution >= 4 is 21.4 Å². The molecule has 8 heteroatoms. The molecule has 1 atom stereocenters. The maximum atomic E-state index is 12.5. The Morgan fingerprint density at radius 2 is 1.83 bits per heavy atom. The molecule has 24 heavy (non-hydrogen) atoms. The van der Waals surface area contributed by atoms with Crippen molar-refractivity contribution in [1.82, 2.24) is 19.9 Å². The van der Waals surface area contributed by atoms with Crippen LogP contribution in [0.25, 0.3) is 5.65 Å². The number of carbonyl (C=O) groups is 1. The van der Waals surface area contributed by atoms with Gasteiger partial charge in [-0.2, -0.15) is 0 Å². The van der Waals surface area contributed by atoms with Gasteiger partial charge < -0.3 is 5.32 Å². The number of aromatic nitrogens is 3. The van der Waals surface area contributed by atoms with Gasteiger partial charge in [0.05, 0.1) is 16.5 Å². The highest BCUT2D eigenvalue weighted by molar-refractivity contribution is 7.90. The molecule has 0 saturated heterocycles. The van der Waals surface area contributed by atoms with Crippen LogP contribution in [0.1, 0.15) is 29.1 Å². The Labute approximate surface area is 139 Å². The van der Waals surface area contributed by atoms with E-state index < -0.39 is 21.8 Å². The van der Waals surface area contributed by atoms with Gasteiger partial charge in [0, 0.05) is 12.5 Å². The van der Waals surface area contributed by atoms with Crippen LogP contribution in [-0.2, 0) is 9.84 Å². The lowest BCUT2D eigenvalue weighted by atomic mass is 10.2. The maximum absolute atomic E-state index is 12.5. The second-order valence-corrected chi connectivity index (χ2v) is 7.43. The molecule has 2 heterocycles. The van der Waals surface area contributed by atoms with Crippen molar-refractivity contribution in [2.45, 2.75) is 17.9 Å². The van der Waals surface area contributed by atoms with Gasteiger partial charge in [-0.3, -0.25) is 9.20 Å². The molecular formula is C16H16N4O3S. The van der Waals surface area contributed by atoms with Gasteiger partial charge in [0.25, 0.3) is 5.91 Å². The minimum Gasteiger partial charge on any atom is -0.342 e. The van der Waals surface area contributed by atoms with Gasteiger partial charge in [-0.05, 0) is 31.2 Å². The average Bonchev–Trinajstić information content (AvgIpc) is 2.98. The van der Waals surface area contributed by atoms with Crippen molar-refractivity contribution in [2.24, 2.45) is 0 Å². The molecule has 0 spiro atoms. The fourth-order valence-corrected chi connectivity index (χ4v) is 3.36. The highest BCUT2D eigenvalue weighted by atomic mass is 32.2. The molecule has 1 aromatic carbocycles. The van der Waals surface area contributed by atoms with Crippen LogP contribution in [0.2, 0.25) is 0 Å². The monoisotopic (exact) mass is 344 g/mol. The van der Waals surface area contributed by atoms with Gasteiger partial charge in [-0.25, -0.2) is 8.42 Å². The number of carbonyl (C=O) groups excluding carboxylic acids is 1. The lowest BCUT2D eigenvalue weighted by Gasteiger charge is -2.14. The van der Waals surface area contributed by atoms with Crippen molar-refractivity contribution < 1.29 is 13.2 Å². The number of amides is 1. The van der Waals surface area contributed by atoms with Crippen molar-refractivity contribution in [3.63, 3.8) is 0 Å². The Hall–Kier alpha value is -2.74. The quantitative estimate of drug-likeness (QED) is 0.776. The summed E-state index contributed by atoms with van der Waals surface area (Å²) >= 11 is 0. The van der Waals surface area contributed by atoms with Crippen molar-refractivity contribution in [1.29, 1.82) is 0 Å². The molecule has 2 aromatic heterocycles. The van der Waals surface area contributed by atoms with E-state index in [-0.39, 0.29) is 10.5 Å². The van der Waals surface area contributed by atoms with E-state index in [4.69, 9.17) is 0 Å². The number of sulfone groups is 1. The maximum Gasteiger partial charge on any atom is 0.253 e. The Kier molecular flexibility index (Phi) is 4.06. The fraction of sp³-hybridized carbons (Fsp3) is 0.188. The van der Waals surface area contributed by atoms with Crippen molar-refractivity contribution in [3.05, 3.63) is 60.0 Å². The second-order valence-electron chi connectivity index (χ2n) is 5.45. The summed E-state index contributed by atoms with van der Waals surface area (Å²) in [5.41, 5.74) is 0.783. The van der Waals surface area contributed by atoms with Crippen molar-refractivity contribution in [3.8, 4) is 0 Å². The van der Waals surface area contributed by atoms with E-state index >= 15 is 0 Å². The van der Waals surface area contributed by atoms with Crippen LogP contribution in [0.15, 0.2) is 53.6 Å². The summed E-state index contributed by atoms with van der Waals surface area (Å²) in [5.74, 6) is 0.0898. The van der Waals surface area contributed by atoms with Gasteiger partial charge in [0.15, 0.2) is 21.3 Å². The second kappa shape index (κ2) is 6.04. The summed E-state index contributed by atoms with van der Waals surface area (Å²) in [7, 11) is -3.50. The third-order valence-electron chi connectivity index (χ3n) is 3.61. The molecule has 0 aliphatic heterocycles. The zero-order chi connectivity index (χ0) is 17.3. The number of benzene rings is 1. The van der Waals surface area contributed by atoms with E-state index in [1.807, 2.05) is 18.2 Å². The minimum atomic E-state index is -3.50. The number of fused-ring (bicyclic) bond motifs is 1. The molecule has 0 aliphatic rings. The number of hydrogen-bond donors (Lipinski definition) is 1. The van der Waals surface area contributed by atoms with Gasteiger partial charge in [-0.1, -0.05) is 18.2 Å². The van der Waals surface area contributed by atoms with E-state index in [2.05, 4.69) is 15.5 Å². The number of nitrogens with one attached hydrogen (secondary N) is 1. The first-order chi connectivity index (χ1) is 11.4. The van der Waals surface area contributed by atoms with E-state index in [0.29, 0.717) is 11.5 Å². The molecule has 3 aromatic rings. The highest BCUT2D eigenvalue weighted by Crippen LogP contribution is 2.17. The van der Waals surface area contributed by atoms with Crippen molar-refractivity contribution in [2.75, 3.05) is 6.26 Å². The van der Waals surface area contributed by atoms with Crippen LogP contribution in [-0.4, -0.2) is 35.2 Å². The molecule has 3 rings (SSSR count). The van der Waals surface area contributed by atoms with Crippen LogP contribution < -0.4 is 5.32 Å². The van der Waals surface area contributed by atoms with Gasteiger partial charge in [0.2, 0.25) is 0 Å². The third kappa shape index (κ3) is 3.00. The predicted octanol–water partition coefficient (Wildman–Crippen LogP) is 1.62. The number of hydrogen-bond acceptors (Lipinski definition) is 5. The smallest absolute Gasteiger partial charge is 0.253 e. The Morgan fingerprint density at radius 1 is 1.12 bits per heavy atom. The summed E-state index contributed by atoms with van der Waals surface area (Å²) in [6.45, 7) is 1.77. The van der Waals surface area contributed by atoms with E-state index in [1.54, 1.807) is 29.7 Å². The van der Waals surface area contributed by atoms with Crippen LogP contribution in [0, 0.1) is 0 Å². The molecule has 1 amide bonds. The van der Waals surface area contributed by atoms with Gasteiger partial charge in [-0.15, -0.1) is 10.2 Å². The van der Waals surface area contributed by atoms with Crippen LogP contribution >= 0.6 is 0 Å². The summed E-state index contributed by atoms with van der Waals surface area (Å²) in [5, 5.41) is 10.9. The zero-order valence-corrected chi connectivity index (χ0v) is 14.0. The normalized spacial score (nSPS) is 12.9. The number of pyridine rings is 1. The SMILES string of the molecule is C[C@@H](NC(=O)c1ccccc1S(C)(=O)=O)c1nnc2ccccn12. The van der Waals surface area contributed by atoms with E-state index in [0.717, 1.165) is 6.26 Å². The first-order valence-corrected chi connectivity index (χ1v) is 9.16.